The first-order valence-corrected chi connectivity index (χ1v) is 6.55. The molecule has 4 heteroatoms. The molecule has 0 spiro atoms. The number of rotatable bonds is 2. The average Bonchev–Trinajstić information content (AvgIpc) is 2.30. The Morgan fingerprint density at radius 2 is 1.94 bits per heavy atom. The van der Waals surface area contributed by atoms with Gasteiger partial charge in [0.05, 0.1) is 0 Å². The van der Waals surface area contributed by atoms with Crippen molar-refractivity contribution in [1.29, 1.82) is 0 Å². The highest BCUT2D eigenvalue weighted by Gasteiger charge is 2.05. The predicted molar refractivity (Wildman–Crippen MR) is 72.3 cm³/mol. The Morgan fingerprint density at radius 3 is 2.56 bits per heavy atom. The van der Waals surface area contributed by atoms with Crippen LogP contribution in [0.2, 0.25) is 10.2 Å². The van der Waals surface area contributed by atoms with Gasteiger partial charge in [0.15, 0.2) is 0 Å². The van der Waals surface area contributed by atoms with Gasteiger partial charge >= 0.3 is 0 Å². The molecule has 0 saturated heterocycles. The summed E-state index contributed by atoms with van der Waals surface area (Å²) < 4.78 is 0. The first kappa shape index (κ1) is 11.9. The van der Waals surface area contributed by atoms with Gasteiger partial charge in [-0.05, 0) is 35.4 Å². The molecule has 82 valence electrons. The lowest BCUT2D eigenvalue weighted by Crippen LogP contribution is -1.87. The summed E-state index contributed by atoms with van der Waals surface area (Å²) in [4.78, 5) is 4.07. The van der Waals surface area contributed by atoms with E-state index in [1.54, 1.807) is 12.3 Å². The summed E-state index contributed by atoms with van der Waals surface area (Å²) in [5.41, 5.74) is 3.27. The molecule has 0 saturated carbocycles. The van der Waals surface area contributed by atoms with Crippen molar-refractivity contribution < 1.29 is 0 Å². The number of hydrogen-bond acceptors (Lipinski definition) is 1. The predicted octanol–water partition coefficient (Wildman–Crippen LogP) is 4.95. The molecule has 0 aliphatic carbocycles. The van der Waals surface area contributed by atoms with E-state index in [1.807, 2.05) is 24.3 Å². The Labute approximate surface area is 113 Å². The van der Waals surface area contributed by atoms with Crippen LogP contribution in [0.3, 0.4) is 0 Å². The minimum atomic E-state index is 0.492. The van der Waals surface area contributed by atoms with E-state index in [0.29, 0.717) is 5.15 Å². The van der Waals surface area contributed by atoms with Gasteiger partial charge in [0.1, 0.15) is 5.15 Å². The van der Waals surface area contributed by atoms with Crippen molar-refractivity contribution in [2.45, 2.75) is 5.33 Å². The Bertz CT molecular complexity index is 497. The lowest BCUT2D eigenvalue weighted by molar-refractivity contribution is 1.32. The molecule has 0 bridgehead atoms. The van der Waals surface area contributed by atoms with Gasteiger partial charge in [-0.25, -0.2) is 4.98 Å². The molecule has 0 amide bonds. The van der Waals surface area contributed by atoms with Gasteiger partial charge in [0, 0.05) is 22.1 Å². The zero-order valence-corrected chi connectivity index (χ0v) is 11.4. The fourth-order valence-corrected chi connectivity index (χ4v) is 2.24. The van der Waals surface area contributed by atoms with Crippen molar-refractivity contribution in [2.24, 2.45) is 0 Å². The first-order chi connectivity index (χ1) is 7.70. The molecule has 16 heavy (non-hydrogen) atoms. The summed E-state index contributed by atoms with van der Waals surface area (Å²) in [6.07, 6.45) is 1.75. The summed E-state index contributed by atoms with van der Waals surface area (Å²) in [6.45, 7) is 0. The second-order valence-electron chi connectivity index (χ2n) is 3.30. The fraction of sp³-hybridized carbons (Fsp3) is 0.0833. The van der Waals surface area contributed by atoms with Crippen LogP contribution >= 0.6 is 39.1 Å². The maximum absolute atomic E-state index is 5.99. The van der Waals surface area contributed by atoms with Crippen LogP contribution in [0.5, 0.6) is 0 Å². The number of nitrogens with zero attached hydrogens (tertiary/aromatic N) is 1. The number of hydrogen-bond donors (Lipinski definition) is 0. The van der Waals surface area contributed by atoms with Crippen LogP contribution in [0.15, 0.2) is 36.5 Å². The molecule has 0 atom stereocenters. The van der Waals surface area contributed by atoms with Crippen LogP contribution < -0.4 is 0 Å². The van der Waals surface area contributed by atoms with E-state index in [-0.39, 0.29) is 0 Å². The van der Waals surface area contributed by atoms with Crippen LogP contribution in [-0.4, -0.2) is 4.98 Å². The van der Waals surface area contributed by atoms with Crippen molar-refractivity contribution in [1.82, 2.24) is 4.98 Å². The normalized spacial score (nSPS) is 10.4. The molecule has 1 nitrogen and oxygen atoms in total. The quantitative estimate of drug-likeness (QED) is 0.564. The Hall–Kier alpha value is -0.570. The molecule has 1 aromatic heterocycles. The maximum atomic E-state index is 5.99. The third-order valence-electron chi connectivity index (χ3n) is 2.25. The van der Waals surface area contributed by atoms with Crippen molar-refractivity contribution in [3.8, 4) is 11.1 Å². The SMILES string of the molecule is Clc1ccc(CBr)c(-c2ccc(Cl)nc2)c1. The Balaban J connectivity index is 2.53. The van der Waals surface area contributed by atoms with E-state index in [9.17, 15) is 0 Å². The average molecular weight is 317 g/mol. The van der Waals surface area contributed by atoms with E-state index in [2.05, 4.69) is 20.9 Å². The third-order valence-corrected chi connectivity index (χ3v) is 3.32. The van der Waals surface area contributed by atoms with Gasteiger partial charge in [-0.3, -0.25) is 0 Å². The van der Waals surface area contributed by atoms with Gasteiger partial charge < -0.3 is 0 Å². The number of benzene rings is 1. The van der Waals surface area contributed by atoms with Crippen molar-refractivity contribution in [2.75, 3.05) is 0 Å². The van der Waals surface area contributed by atoms with Gasteiger partial charge in [0.2, 0.25) is 0 Å². The first-order valence-electron chi connectivity index (χ1n) is 4.67. The second-order valence-corrected chi connectivity index (χ2v) is 4.69. The van der Waals surface area contributed by atoms with Crippen LogP contribution in [0.25, 0.3) is 11.1 Å². The maximum Gasteiger partial charge on any atom is 0.129 e. The molecular formula is C12H8BrCl2N. The van der Waals surface area contributed by atoms with E-state index in [4.69, 9.17) is 23.2 Å². The molecule has 0 aliphatic heterocycles. The minimum absolute atomic E-state index is 0.492. The number of halogens is 3. The van der Waals surface area contributed by atoms with E-state index >= 15 is 0 Å². The van der Waals surface area contributed by atoms with E-state index in [1.165, 1.54) is 5.56 Å². The summed E-state index contributed by atoms with van der Waals surface area (Å²) in [5, 5.41) is 1.99. The molecule has 1 aromatic carbocycles. The summed E-state index contributed by atoms with van der Waals surface area (Å²) in [5.74, 6) is 0. The zero-order chi connectivity index (χ0) is 11.5. The molecule has 0 fully saturated rings. The van der Waals surface area contributed by atoms with Crippen LogP contribution in [0, 0.1) is 0 Å². The lowest BCUT2D eigenvalue weighted by atomic mass is 10.0. The second kappa shape index (κ2) is 5.17. The molecule has 2 rings (SSSR count). The molecule has 0 N–H and O–H groups in total. The lowest BCUT2D eigenvalue weighted by Gasteiger charge is -2.07. The van der Waals surface area contributed by atoms with Gasteiger partial charge in [-0.2, -0.15) is 0 Å². The number of aromatic nitrogens is 1. The highest BCUT2D eigenvalue weighted by molar-refractivity contribution is 9.08. The largest absolute Gasteiger partial charge is 0.244 e. The standard InChI is InChI=1S/C12H8BrCl2N/c13-6-8-1-3-10(14)5-11(8)9-2-4-12(15)16-7-9/h1-5,7H,6H2. The van der Waals surface area contributed by atoms with E-state index in [0.717, 1.165) is 21.5 Å². The highest BCUT2D eigenvalue weighted by atomic mass is 79.9. The monoisotopic (exact) mass is 315 g/mol. The summed E-state index contributed by atoms with van der Waals surface area (Å²) >= 11 is 15.2. The van der Waals surface area contributed by atoms with Crippen molar-refractivity contribution >= 4 is 39.1 Å². The molecule has 1 heterocycles. The Morgan fingerprint density at radius 1 is 1.12 bits per heavy atom. The highest BCUT2D eigenvalue weighted by Crippen LogP contribution is 2.28. The van der Waals surface area contributed by atoms with Crippen molar-refractivity contribution in [3.63, 3.8) is 0 Å². The van der Waals surface area contributed by atoms with Crippen molar-refractivity contribution in [3.05, 3.63) is 52.3 Å². The fourth-order valence-electron chi connectivity index (χ4n) is 1.47. The van der Waals surface area contributed by atoms with Crippen LogP contribution in [0.4, 0.5) is 0 Å². The molecule has 0 aliphatic rings. The minimum Gasteiger partial charge on any atom is -0.244 e. The zero-order valence-electron chi connectivity index (χ0n) is 8.25. The topological polar surface area (TPSA) is 12.9 Å². The van der Waals surface area contributed by atoms with Crippen LogP contribution in [0.1, 0.15) is 5.56 Å². The third kappa shape index (κ3) is 2.57. The van der Waals surface area contributed by atoms with Gasteiger partial charge in [-0.15, -0.1) is 0 Å². The molecule has 0 unspecified atom stereocenters. The molecule has 0 radical (unpaired) electrons. The summed E-state index contributed by atoms with van der Waals surface area (Å²) in [6, 6.07) is 9.53. The number of alkyl halides is 1. The number of pyridine rings is 1. The van der Waals surface area contributed by atoms with Gasteiger partial charge in [-0.1, -0.05) is 45.2 Å². The van der Waals surface area contributed by atoms with E-state index < -0.39 is 0 Å². The summed E-state index contributed by atoms with van der Waals surface area (Å²) in [7, 11) is 0. The molecule has 2 aromatic rings. The smallest absolute Gasteiger partial charge is 0.129 e. The molecular weight excluding hydrogens is 309 g/mol. The Kier molecular flexibility index (Phi) is 3.85. The van der Waals surface area contributed by atoms with Crippen LogP contribution in [-0.2, 0) is 5.33 Å². The van der Waals surface area contributed by atoms with Gasteiger partial charge in [0.25, 0.3) is 0 Å².